The van der Waals surface area contributed by atoms with Gasteiger partial charge in [-0.15, -0.1) is 11.3 Å². The quantitative estimate of drug-likeness (QED) is 0.861. The number of benzene rings is 1. The molecule has 0 aliphatic carbocycles. The topological polar surface area (TPSA) is 70.0 Å². The third kappa shape index (κ3) is 3.56. The number of nitrogens with one attached hydrogen (secondary N) is 1. The van der Waals surface area contributed by atoms with Gasteiger partial charge in [-0.3, -0.25) is 4.72 Å². The van der Waals surface area contributed by atoms with Crippen LogP contribution in [0.1, 0.15) is 21.6 Å². The van der Waals surface area contributed by atoms with Crippen molar-refractivity contribution >= 4 is 33.1 Å². The van der Waals surface area contributed by atoms with Crippen LogP contribution >= 0.6 is 11.3 Å². The lowest BCUT2D eigenvalue weighted by Crippen LogP contribution is -2.15. The van der Waals surface area contributed by atoms with Crippen LogP contribution in [0.5, 0.6) is 0 Å². The van der Waals surface area contributed by atoms with Crippen LogP contribution in [0.15, 0.2) is 34.6 Å². The molecule has 0 unspecified atom stereocenters. The van der Waals surface area contributed by atoms with E-state index in [0.717, 1.165) is 21.6 Å². The first kappa shape index (κ1) is 16.3. The molecule has 0 saturated heterocycles. The number of nitrogens with zero attached hydrogens (tertiary/aromatic N) is 1. The maximum Gasteiger partial charge on any atom is 0.272 e. The Balaban J connectivity index is 2.38. The second-order valence-electron chi connectivity index (χ2n) is 5.01. The standard InChI is InChI=1S/C16H16N2O2S2/c1-11-4-5-15(13(3)8-11)18-22(19,20)14(10-17)9-16-12(2)6-7-21-16/h4-9,18H,1-3H3. The van der Waals surface area contributed by atoms with Crippen molar-refractivity contribution < 1.29 is 8.42 Å². The molecule has 2 rings (SSSR count). The van der Waals surface area contributed by atoms with Gasteiger partial charge in [-0.2, -0.15) is 5.26 Å². The molecule has 114 valence electrons. The summed E-state index contributed by atoms with van der Waals surface area (Å²) < 4.78 is 27.3. The maximum absolute atomic E-state index is 12.4. The summed E-state index contributed by atoms with van der Waals surface area (Å²) in [6, 6.07) is 9.07. The van der Waals surface area contributed by atoms with Crippen LogP contribution in [0.25, 0.3) is 6.08 Å². The van der Waals surface area contributed by atoms with E-state index in [1.165, 1.54) is 17.4 Å². The third-order valence-corrected chi connectivity index (χ3v) is 5.43. The lowest BCUT2D eigenvalue weighted by molar-refractivity contribution is 0.608. The average Bonchev–Trinajstić information content (AvgIpc) is 2.84. The van der Waals surface area contributed by atoms with E-state index in [2.05, 4.69) is 4.72 Å². The predicted molar refractivity (Wildman–Crippen MR) is 91.1 cm³/mol. The van der Waals surface area contributed by atoms with Crippen LogP contribution in [0.3, 0.4) is 0 Å². The SMILES string of the molecule is Cc1ccc(NS(=O)(=O)C(C#N)=Cc2sccc2C)c(C)c1. The molecule has 1 heterocycles. The van der Waals surface area contributed by atoms with Crippen LogP contribution in [0.2, 0.25) is 0 Å². The zero-order valence-corrected chi connectivity index (χ0v) is 14.2. The molecule has 0 spiro atoms. The number of rotatable bonds is 4. The highest BCUT2D eigenvalue weighted by molar-refractivity contribution is 7.97. The Morgan fingerprint density at radius 3 is 2.50 bits per heavy atom. The fourth-order valence-electron chi connectivity index (χ4n) is 1.95. The minimum atomic E-state index is -3.90. The van der Waals surface area contributed by atoms with Gasteiger partial charge >= 0.3 is 0 Å². The van der Waals surface area contributed by atoms with Gasteiger partial charge in [-0.05, 0) is 55.5 Å². The third-order valence-electron chi connectivity index (χ3n) is 3.19. The minimum absolute atomic E-state index is 0.293. The number of thiophene rings is 1. The number of hydrogen-bond donors (Lipinski definition) is 1. The fourth-order valence-corrected chi connectivity index (χ4v) is 3.90. The number of nitriles is 1. The molecular formula is C16H16N2O2S2. The van der Waals surface area contributed by atoms with Gasteiger partial charge in [0.25, 0.3) is 10.0 Å². The second-order valence-corrected chi connectivity index (χ2v) is 7.61. The summed E-state index contributed by atoms with van der Waals surface area (Å²) in [5.41, 5.74) is 3.29. The van der Waals surface area contributed by atoms with Crippen LogP contribution in [-0.4, -0.2) is 8.42 Å². The van der Waals surface area contributed by atoms with Crippen molar-refractivity contribution in [2.24, 2.45) is 0 Å². The number of hydrogen-bond acceptors (Lipinski definition) is 4. The van der Waals surface area contributed by atoms with Crippen LogP contribution in [-0.2, 0) is 10.0 Å². The van der Waals surface area contributed by atoms with Crippen molar-refractivity contribution in [2.75, 3.05) is 4.72 Å². The smallest absolute Gasteiger partial charge is 0.272 e. The maximum atomic E-state index is 12.4. The molecule has 0 aliphatic rings. The molecule has 0 bridgehead atoms. The highest BCUT2D eigenvalue weighted by atomic mass is 32.2. The molecule has 2 aromatic rings. The zero-order chi connectivity index (χ0) is 16.3. The Hall–Kier alpha value is -2.10. The van der Waals surface area contributed by atoms with Crippen molar-refractivity contribution in [1.82, 2.24) is 0 Å². The number of allylic oxidation sites excluding steroid dienone is 1. The lowest BCUT2D eigenvalue weighted by Gasteiger charge is -2.10. The van der Waals surface area contributed by atoms with Gasteiger partial charge in [0.15, 0.2) is 4.91 Å². The monoisotopic (exact) mass is 332 g/mol. The molecule has 0 fully saturated rings. The molecule has 1 aromatic carbocycles. The summed E-state index contributed by atoms with van der Waals surface area (Å²) in [6.45, 7) is 5.64. The van der Waals surface area contributed by atoms with E-state index in [1.54, 1.807) is 12.1 Å². The molecule has 0 aliphatic heterocycles. The first-order chi connectivity index (χ1) is 10.3. The van der Waals surface area contributed by atoms with Gasteiger partial charge in [-0.25, -0.2) is 8.42 Å². The lowest BCUT2D eigenvalue weighted by atomic mass is 10.1. The van der Waals surface area contributed by atoms with Gasteiger partial charge in [0.2, 0.25) is 0 Å². The summed E-state index contributed by atoms with van der Waals surface area (Å²) in [5, 5.41) is 11.1. The van der Waals surface area contributed by atoms with Crippen LogP contribution < -0.4 is 4.72 Å². The van der Waals surface area contributed by atoms with Crippen molar-refractivity contribution in [2.45, 2.75) is 20.8 Å². The molecule has 0 radical (unpaired) electrons. The number of sulfonamides is 1. The van der Waals surface area contributed by atoms with E-state index in [-0.39, 0.29) is 4.91 Å². The summed E-state index contributed by atoms with van der Waals surface area (Å²) in [7, 11) is -3.90. The molecule has 0 saturated carbocycles. The highest BCUT2D eigenvalue weighted by Crippen LogP contribution is 2.24. The Morgan fingerprint density at radius 1 is 1.23 bits per heavy atom. The van der Waals surface area contributed by atoms with Crippen LogP contribution in [0, 0.1) is 32.1 Å². The Kier molecular flexibility index (Phi) is 4.69. The van der Waals surface area contributed by atoms with Gasteiger partial charge in [-0.1, -0.05) is 17.7 Å². The Labute approximate surface area is 134 Å². The summed E-state index contributed by atoms with van der Waals surface area (Å²) >= 11 is 1.40. The predicted octanol–water partition coefficient (Wildman–Crippen LogP) is 3.98. The van der Waals surface area contributed by atoms with Crippen LogP contribution in [0.4, 0.5) is 5.69 Å². The highest BCUT2D eigenvalue weighted by Gasteiger charge is 2.19. The van der Waals surface area contributed by atoms with E-state index in [4.69, 9.17) is 0 Å². The van der Waals surface area contributed by atoms with Crippen molar-refractivity contribution in [3.8, 4) is 6.07 Å². The van der Waals surface area contributed by atoms with Gasteiger partial charge < -0.3 is 0 Å². The fraction of sp³-hybridized carbons (Fsp3) is 0.188. The molecule has 0 atom stereocenters. The Bertz CT molecular complexity index is 872. The molecular weight excluding hydrogens is 316 g/mol. The summed E-state index contributed by atoms with van der Waals surface area (Å²) in [5.74, 6) is 0. The summed E-state index contributed by atoms with van der Waals surface area (Å²) in [4.78, 5) is 0.473. The molecule has 6 heteroatoms. The number of anilines is 1. The largest absolute Gasteiger partial charge is 0.279 e. The molecule has 0 amide bonds. The number of aryl methyl sites for hydroxylation is 3. The van der Waals surface area contributed by atoms with Crippen molar-refractivity contribution in [3.05, 3.63) is 56.1 Å². The van der Waals surface area contributed by atoms with E-state index in [9.17, 15) is 13.7 Å². The van der Waals surface area contributed by atoms with Crippen molar-refractivity contribution in [1.29, 1.82) is 5.26 Å². The van der Waals surface area contributed by atoms with E-state index >= 15 is 0 Å². The minimum Gasteiger partial charge on any atom is -0.279 e. The van der Waals surface area contributed by atoms with E-state index < -0.39 is 10.0 Å². The van der Waals surface area contributed by atoms with Gasteiger partial charge in [0.1, 0.15) is 6.07 Å². The van der Waals surface area contributed by atoms with E-state index in [0.29, 0.717) is 5.69 Å². The van der Waals surface area contributed by atoms with E-state index in [1.807, 2.05) is 44.4 Å². The average molecular weight is 332 g/mol. The normalized spacial score (nSPS) is 12.0. The first-order valence-corrected chi connectivity index (χ1v) is 8.96. The summed E-state index contributed by atoms with van der Waals surface area (Å²) in [6.07, 6.45) is 1.41. The second kappa shape index (κ2) is 6.34. The Morgan fingerprint density at radius 2 is 1.95 bits per heavy atom. The van der Waals surface area contributed by atoms with Crippen molar-refractivity contribution in [3.63, 3.8) is 0 Å². The molecule has 1 aromatic heterocycles. The van der Waals surface area contributed by atoms with Gasteiger partial charge in [0, 0.05) is 4.88 Å². The molecule has 4 nitrogen and oxygen atoms in total. The zero-order valence-electron chi connectivity index (χ0n) is 12.5. The molecule has 1 N–H and O–H groups in total. The van der Waals surface area contributed by atoms with Gasteiger partial charge in [0.05, 0.1) is 5.69 Å². The molecule has 22 heavy (non-hydrogen) atoms. The first-order valence-electron chi connectivity index (χ1n) is 6.59.